The lowest BCUT2D eigenvalue weighted by atomic mass is 10.1. The first kappa shape index (κ1) is 12.3. The molecule has 14 heavy (non-hydrogen) atoms. The van der Waals surface area contributed by atoms with E-state index >= 15 is 0 Å². The van der Waals surface area contributed by atoms with Gasteiger partial charge in [0, 0.05) is 4.43 Å². The fourth-order valence-corrected chi connectivity index (χ4v) is 2.61. The largest absolute Gasteiger partial charge is 0.460 e. The molecule has 1 aliphatic rings. The molecule has 3 heteroatoms. The Bertz CT molecular complexity index is 208. The number of hydrogen-bond acceptors (Lipinski definition) is 2. The summed E-state index contributed by atoms with van der Waals surface area (Å²) in [7, 11) is 0. The zero-order valence-corrected chi connectivity index (χ0v) is 11.3. The highest BCUT2D eigenvalue weighted by atomic mass is 127. The van der Waals surface area contributed by atoms with Crippen molar-refractivity contribution in [3.8, 4) is 0 Å². The fourth-order valence-electron chi connectivity index (χ4n) is 1.81. The molecule has 0 heterocycles. The number of carbonyl (C=O) groups is 1. The molecule has 1 saturated carbocycles. The van der Waals surface area contributed by atoms with Crippen LogP contribution in [-0.4, -0.2) is 16.0 Å². The summed E-state index contributed by atoms with van der Waals surface area (Å²) in [5, 5.41) is 0. The number of ether oxygens (including phenoxy) is 1. The first-order valence-electron chi connectivity index (χ1n) is 5.21. The second kappa shape index (κ2) is 4.81. The molecular weight excluding hydrogens is 291 g/mol. The highest BCUT2D eigenvalue weighted by Crippen LogP contribution is 2.33. The maximum atomic E-state index is 11.7. The Morgan fingerprint density at radius 1 is 1.43 bits per heavy atom. The van der Waals surface area contributed by atoms with Crippen LogP contribution in [0.3, 0.4) is 0 Å². The van der Waals surface area contributed by atoms with Crippen LogP contribution in [0.1, 0.15) is 40.0 Å². The first-order chi connectivity index (χ1) is 6.42. The Labute approximate surface area is 99.9 Å². The lowest BCUT2D eigenvalue weighted by Crippen LogP contribution is -2.27. The van der Waals surface area contributed by atoms with Crippen molar-refractivity contribution in [1.29, 1.82) is 0 Å². The van der Waals surface area contributed by atoms with Gasteiger partial charge in [-0.05, 0) is 46.0 Å². The molecule has 0 saturated heterocycles. The number of carbonyl (C=O) groups excluding carboxylic acids is 1. The number of rotatable bonds is 2. The molecule has 0 aromatic heterocycles. The van der Waals surface area contributed by atoms with E-state index in [1.165, 1.54) is 6.42 Å². The predicted molar refractivity (Wildman–Crippen MR) is 65.6 cm³/mol. The molecule has 2 atom stereocenters. The first-order valence-corrected chi connectivity index (χ1v) is 6.74. The average Bonchev–Trinajstić information content (AvgIpc) is 2.48. The summed E-state index contributed by atoms with van der Waals surface area (Å²) >= 11 is 2.40. The zero-order valence-electron chi connectivity index (χ0n) is 9.18. The zero-order chi connectivity index (χ0) is 10.8. The molecule has 2 nitrogen and oxygen atoms in total. The highest BCUT2D eigenvalue weighted by Gasteiger charge is 2.32. The normalized spacial score (nSPS) is 27.7. The van der Waals surface area contributed by atoms with Gasteiger partial charge < -0.3 is 4.74 Å². The molecule has 1 aliphatic carbocycles. The number of hydrogen-bond donors (Lipinski definition) is 0. The van der Waals surface area contributed by atoms with E-state index in [0.717, 1.165) is 23.2 Å². The lowest BCUT2D eigenvalue weighted by Gasteiger charge is -2.22. The minimum absolute atomic E-state index is 0.00449. The van der Waals surface area contributed by atoms with Crippen molar-refractivity contribution >= 4 is 28.6 Å². The highest BCUT2D eigenvalue weighted by molar-refractivity contribution is 14.1. The van der Waals surface area contributed by atoms with Crippen molar-refractivity contribution in [1.82, 2.24) is 0 Å². The van der Waals surface area contributed by atoms with Crippen molar-refractivity contribution in [3.05, 3.63) is 0 Å². The van der Waals surface area contributed by atoms with E-state index < -0.39 is 0 Å². The Kier molecular flexibility index (Phi) is 4.22. The molecule has 0 unspecified atom stereocenters. The van der Waals surface area contributed by atoms with E-state index in [1.807, 2.05) is 20.8 Å². The average molecular weight is 310 g/mol. The third kappa shape index (κ3) is 3.75. The van der Waals surface area contributed by atoms with Gasteiger partial charge in [-0.3, -0.25) is 4.79 Å². The van der Waals surface area contributed by atoms with Crippen LogP contribution in [0, 0.1) is 11.8 Å². The Morgan fingerprint density at radius 2 is 2.07 bits per heavy atom. The summed E-state index contributed by atoms with van der Waals surface area (Å²) in [5.74, 6) is 0.895. The molecule has 0 aromatic rings. The lowest BCUT2D eigenvalue weighted by molar-refractivity contribution is -0.159. The minimum Gasteiger partial charge on any atom is -0.460 e. The molecular formula is C11H19IO2. The van der Waals surface area contributed by atoms with Gasteiger partial charge in [0.25, 0.3) is 0 Å². The maximum absolute atomic E-state index is 11.7. The Morgan fingerprint density at radius 3 is 2.50 bits per heavy atom. The van der Waals surface area contributed by atoms with Gasteiger partial charge >= 0.3 is 5.97 Å². The van der Waals surface area contributed by atoms with Crippen LogP contribution in [0.4, 0.5) is 0 Å². The second-order valence-corrected chi connectivity index (χ2v) is 5.94. The van der Waals surface area contributed by atoms with Crippen molar-refractivity contribution in [2.75, 3.05) is 4.43 Å². The minimum atomic E-state index is -0.334. The van der Waals surface area contributed by atoms with Gasteiger partial charge in [-0.1, -0.05) is 22.6 Å². The van der Waals surface area contributed by atoms with E-state index in [0.29, 0.717) is 0 Å². The van der Waals surface area contributed by atoms with Crippen LogP contribution in [0.5, 0.6) is 0 Å². The molecule has 0 aromatic carbocycles. The summed E-state index contributed by atoms with van der Waals surface area (Å²) < 4.78 is 6.54. The fraction of sp³-hybridized carbons (Fsp3) is 0.909. The van der Waals surface area contributed by atoms with Crippen LogP contribution in [-0.2, 0) is 9.53 Å². The maximum Gasteiger partial charge on any atom is 0.309 e. The monoisotopic (exact) mass is 310 g/mol. The number of halogens is 1. The van der Waals surface area contributed by atoms with E-state index in [1.54, 1.807) is 0 Å². The Balaban J connectivity index is 2.40. The second-order valence-electron chi connectivity index (χ2n) is 5.06. The quantitative estimate of drug-likeness (QED) is 0.445. The molecule has 1 rings (SSSR count). The summed E-state index contributed by atoms with van der Waals surface area (Å²) in [6.07, 6.45) is 3.23. The summed E-state index contributed by atoms with van der Waals surface area (Å²) in [4.78, 5) is 11.7. The van der Waals surface area contributed by atoms with Crippen LogP contribution in [0.15, 0.2) is 0 Å². The molecule has 0 spiro atoms. The third-order valence-electron chi connectivity index (χ3n) is 2.50. The van der Waals surface area contributed by atoms with Crippen LogP contribution in [0.2, 0.25) is 0 Å². The van der Waals surface area contributed by atoms with E-state index in [4.69, 9.17) is 4.74 Å². The van der Waals surface area contributed by atoms with Gasteiger partial charge in [0.15, 0.2) is 0 Å². The van der Waals surface area contributed by atoms with Gasteiger partial charge in [0.05, 0.1) is 5.92 Å². The van der Waals surface area contributed by atoms with Crippen LogP contribution < -0.4 is 0 Å². The molecule has 0 amide bonds. The molecule has 0 radical (unpaired) electrons. The molecule has 0 N–H and O–H groups in total. The number of alkyl halides is 1. The van der Waals surface area contributed by atoms with E-state index in [2.05, 4.69) is 22.6 Å². The van der Waals surface area contributed by atoms with Crippen LogP contribution in [0.25, 0.3) is 0 Å². The van der Waals surface area contributed by atoms with Gasteiger partial charge in [0.2, 0.25) is 0 Å². The van der Waals surface area contributed by atoms with Gasteiger partial charge in [-0.25, -0.2) is 0 Å². The van der Waals surface area contributed by atoms with Crippen LogP contribution >= 0.6 is 22.6 Å². The molecule has 82 valence electrons. The van der Waals surface area contributed by atoms with E-state index in [-0.39, 0.29) is 17.5 Å². The standard InChI is InChI=1S/C11H19IO2/c1-11(2,3)14-10(13)9-5-4-8(6-9)7-12/h8-9H,4-7H2,1-3H3/t8-,9+/m1/s1. The summed E-state index contributed by atoms with van der Waals surface area (Å²) in [6, 6.07) is 0. The van der Waals surface area contributed by atoms with Crippen molar-refractivity contribution in [2.24, 2.45) is 11.8 Å². The predicted octanol–water partition coefficient (Wildman–Crippen LogP) is 3.18. The van der Waals surface area contributed by atoms with Crippen molar-refractivity contribution in [3.63, 3.8) is 0 Å². The van der Waals surface area contributed by atoms with Gasteiger partial charge in [-0.2, -0.15) is 0 Å². The SMILES string of the molecule is CC(C)(C)OC(=O)[C@H]1CC[C@@H](CI)C1. The van der Waals surface area contributed by atoms with Crippen molar-refractivity contribution in [2.45, 2.75) is 45.6 Å². The third-order valence-corrected chi connectivity index (χ3v) is 3.75. The van der Waals surface area contributed by atoms with Gasteiger partial charge in [-0.15, -0.1) is 0 Å². The summed E-state index contributed by atoms with van der Waals surface area (Å²) in [6.45, 7) is 5.78. The Hall–Kier alpha value is 0.200. The van der Waals surface area contributed by atoms with Crippen molar-refractivity contribution < 1.29 is 9.53 Å². The van der Waals surface area contributed by atoms with Gasteiger partial charge in [0.1, 0.15) is 5.60 Å². The van der Waals surface area contributed by atoms with E-state index in [9.17, 15) is 4.79 Å². The topological polar surface area (TPSA) is 26.3 Å². The molecule has 1 fully saturated rings. The molecule has 0 bridgehead atoms. The molecule has 0 aliphatic heterocycles. The number of esters is 1. The smallest absolute Gasteiger partial charge is 0.309 e. The summed E-state index contributed by atoms with van der Waals surface area (Å²) in [5.41, 5.74) is -0.334.